The Balaban J connectivity index is 3.28. The minimum atomic E-state index is -2.20. The van der Waals surface area contributed by atoms with Crippen LogP contribution in [-0.4, -0.2) is 50.3 Å². The molecular formula is C20H33N3O5SSi. The zero-order valence-corrected chi connectivity index (χ0v) is 20.6. The molecule has 0 saturated carbocycles. The molecule has 168 valence electrons. The van der Waals surface area contributed by atoms with Crippen LogP contribution in [-0.2, 0) is 18.8 Å². The summed E-state index contributed by atoms with van der Waals surface area (Å²) in [4.78, 5) is 41.4. The Morgan fingerprint density at radius 3 is 2.43 bits per heavy atom. The smallest absolute Gasteiger partial charge is 0.358 e. The van der Waals surface area contributed by atoms with Crippen LogP contribution in [0.4, 0.5) is 0 Å². The minimum absolute atomic E-state index is 0.0615. The quantitative estimate of drug-likeness (QED) is 0.318. The SMILES string of the molecule is C=CCOC(=O)c1nc([C@@H](C(=O)NCC(N)=O)[C@@H](C)O[Si](C)(C)C(C)(C)C)sc1C. The molecule has 0 bridgehead atoms. The molecule has 0 aliphatic carbocycles. The number of hydrogen-bond donors (Lipinski definition) is 2. The van der Waals surface area contributed by atoms with Crippen LogP contribution >= 0.6 is 11.3 Å². The number of amides is 2. The molecule has 0 radical (unpaired) electrons. The van der Waals surface area contributed by atoms with Gasteiger partial charge in [0.25, 0.3) is 0 Å². The van der Waals surface area contributed by atoms with E-state index < -0.39 is 38.1 Å². The van der Waals surface area contributed by atoms with E-state index in [2.05, 4.69) is 50.7 Å². The van der Waals surface area contributed by atoms with Crippen LogP contribution in [0.5, 0.6) is 0 Å². The van der Waals surface area contributed by atoms with Gasteiger partial charge in [-0.3, -0.25) is 9.59 Å². The lowest BCUT2D eigenvalue weighted by Crippen LogP contribution is -2.47. The number of aryl methyl sites for hydroxylation is 1. The first-order valence-corrected chi connectivity index (χ1v) is 13.4. The highest BCUT2D eigenvalue weighted by Crippen LogP contribution is 2.39. The Labute approximate surface area is 183 Å². The summed E-state index contributed by atoms with van der Waals surface area (Å²) in [7, 11) is -2.20. The Morgan fingerprint density at radius 1 is 1.33 bits per heavy atom. The molecule has 0 unspecified atom stereocenters. The highest BCUT2D eigenvalue weighted by Gasteiger charge is 2.42. The molecule has 0 spiro atoms. The number of nitrogens with one attached hydrogen (secondary N) is 1. The van der Waals surface area contributed by atoms with Crippen molar-refractivity contribution in [1.29, 1.82) is 0 Å². The van der Waals surface area contributed by atoms with Crippen LogP contribution in [0.1, 0.15) is 54.0 Å². The summed E-state index contributed by atoms with van der Waals surface area (Å²) < 4.78 is 11.5. The molecule has 1 heterocycles. The van der Waals surface area contributed by atoms with E-state index in [-0.39, 0.29) is 23.9 Å². The predicted octanol–water partition coefficient (Wildman–Crippen LogP) is 2.89. The van der Waals surface area contributed by atoms with Crippen LogP contribution in [0.3, 0.4) is 0 Å². The fraction of sp³-hybridized carbons (Fsp3) is 0.600. The summed E-state index contributed by atoms with van der Waals surface area (Å²) in [6.45, 7) is 17.3. The van der Waals surface area contributed by atoms with Gasteiger partial charge in [-0.05, 0) is 32.0 Å². The largest absolute Gasteiger partial charge is 0.457 e. The molecule has 1 aromatic heterocycles. The van der Waals surface area contributed by atoms with Crippen molar-refractivity contribution in [3.63, 3.8) is 0 Å². The monoisotopic (exact) mass is 455 g/mol. The van der Waals surface area contributed by atoms with Crippen LogP contribution in [0.25, 0.3) is 0 Å². The average Bonchev–Trinajstić information content (AvgIpc) is 2.97. The van der Waals surface area contributed by atoms with Crippen molar-refractivity contribution in [2.75, 3.05) is 13.2 Å². The van der Waals surface area contributed by atoms with E-state index in [1.807, 2.05) is 0 Å². The van der Waals surface area contributed by atoms with Gasteiger partial charge in [-0.15, -0.1) is 11.3 Å². The van der Waals surface area contributed by atoms with E-state index in [1.54, 1.807) is 13.8 Å². The van der Waals surface area contributed by atoms with Crippen LogP contribution < -0.4 is 11.1 Å². The second-order valence-corrected chi connectivity index (χ2v) is 14.6. The van der Waals surface area contributed by atoms with Gasteiger partial charge < -0.3 is 20.2 Å². The maximum absolute atomic E-state index is 12.9. The minimum Gasteiger partial charge on any atom is -0.457 e. The van der Waals surface area contributed by atoms with Crippen molar-refractivity contribution in [2.24, 2.45) is 5.73 Å². The lowest BCUT2D eigenvalue weighted by molar-refractivity contribution is -0.127. The number of aromatic nitrogens is 1. The Hall–Kier alpha value is -2.04. The molecule has 1 aromatic rings. The molecule has 3 N–H and O–H groups in total. The van der Waals surface area contributed by atoms with Crippen molar-refractivity contribution in [3.05, 3.63) is 28.2 Å². The molecular weight excluding hydrogens is 422 g/mol. The highest BCUT2D eigenvalue weighted by molar-refractivity contribution is 7.12. The van der Waals surface area contributed by atoms with Gasteiger partial charge in [0.15, 0.2) is 14.0 Å². The summed E-state index contributed by atoms with van der Waals surface area (Å²) in [5, 5.41) is 2.90. The number of nitrogens with two attached hydrogens (primary N) is 1. The molecule has 0 aliphatic heterocycles. The van der Waals surface area contributed by atoms with Crippen molar-refractivity contribution in [1.82, 2.24) is 10.3 Å². The number of carbonyl (C=O) groups is 3. The molecule has 0 aliphatic rings. The van der Waals surface area contributed by atoms with E-state index >= 15 is 0 Å². The van der Waals surface area contributed by atoms with E-state index in [1.165, 1.54) is 17.4 Å². The zero-order chi connectivity index (χ0) is 23.3. The molecule has 8 nitrogen and oxygen atoms in total. The van der Waals surface area contributed by atoms with Gasteiger partial charge in [-0.25, -0.2) is 9.78 Å². The van der Waals surface area contributed by atoms with Crippen molar-refractivity contribution in [3.8, 4) is 0 Å². The van der Waals surface area contributed by atoms with Crippen LogP contribution in [0, 0.1) is 6.92 Å². The number of nitrogens with zero attached hydrogens (tertiary/aromatic N) is 1. The van der Waals surface area contributed by atoms with E-state index in [9.17, 15) is 14.4 Å². The third-order valence-electron chi connectivity index (χ3n) is 5.08. The molecule has 1 rings (SSSR count). The Bertz CT molecular complexity index is 801. The maximum Gasteiger partial charge on any atom is 0.358 e. The van der Waals surface area contributed by atoms with Crippen molar-refractivity contribution < 1.29 is 23.5 Å². The van der Waals surface area contributed by atoms with Gasteiger partial charge >= 0.3 is 5.97 Å². The third-order valence-corrected chi connectivity index (χ3v) is 10.7. The first-order valence-electron chi connectivity index (χ1n) is 9.70. The summed E-state index contributed by atoms with van der Waals surface area (Å²) in [5.41, 5.74) is 5.33. The molecule has 30 heavy (non-hydrogen) atoms. The average molecular weight is 456 g/mol. The van der Waals surface area contributed by atoms with Crippen LogP contribution in [0.15, 0.2) is 12.7 Å². The van der Waals surface area contributed by atoms with Gasteiger partial charge in [0.1, 0.15) is 17.5 Å². The molecule has 0 aromatic carbocycles. The van der Waals surface area contributed by atoms with Gasteiger partial charge in [0.2, 0.25) is 11.8 Å². The summed E-state index contributed by atoms with van der Waals surface area (Å²) in [6.07, 6.45) is 0.941. The second-order valence-electron chi connectivity index (χ2n) is 8.59. The second kappa shape index (κ2) is 10.3. The normalized spacial score (nSPS) is 14.0. The number of esters is 1. The van der Waals surface area contributed by atoms with Crippen molar-refractivity contribution in [2.45, 2.75) is 64.8 Å². The Morgan fingerprint density at radius 2 is 1.93 bits per heavy atom. The first-order chi connectivity index (χ1) is 13.7. The van der Waals surface area contributed by atoms with Gasteiger partial charge in [-0.2, -0.15) is 0 Å². The number of rotatable bonds is 10. The lowest BCUT2D eigenvalue weighted by Gasteiger charge is -2.39. The molecule has 10 heteroatoms. The number of hydrogen-bond acceptors (Lipinski definition) is 7. The lowest BCUT2D eigenvalue weighted by atomic mass is 10.0. The fourth-order valence-electron chi connectivity index (χ4n) is 2.46. The number of primary amides is 1. The maximum atomic E-state index is 12.9. The molecule has 0 fully saturated rings. The molecule has 2 atom stereocenters. The number of thiazole rings is 1. The highest BCUT2D eigenvalue weighted by atomic mass is 32.1. The standard InChI is InChI=1S/C20H33N3O5SSi/c1-9-10-27-19(26)16-13(3)29-18(23-16)15(17(25)22-11-14(21)24)12(2)28-30(7,8)20(4,5)6/h9,12,15H,1,10-11H2,2-8H3,(H2,21,24)(H,22,25)/t12-,15-/m1/s1. The first kappa shape index (κ1) is 26.0. The van der Waals surface area contributed by atoms with Gasteiger partial charge in [0, 0.05) is 4.88 Å². The summed E-state index contributed by atoms with van der Waals surface area (Å²) >= 11 is 1.23. The van der Waals surface area contributed by atoms with Gasteiger partial charge in [-0.1, -0.05) is 33.4 Å². The fourth-order valence-corrected chi connectivity index (χ4v) is 4.98. The number of carbonyl (C=O) groups excluding carboxylic acids is 3. The number of ether oxygens (including phenoxy) is 1. The summed E-state index contributed by atoms with van der Waals surface area (Å²) in [5.74, 6) is -2.46. The van der Waals surface area contributed by atoms with Gasteiger partial charge in [0.05, 0.1) is 12.6 Å². The predicted molar refractivity (Wildman–Crippen MR) is 120 cm³/mol. The van der Waals surface area contributed by atoms with Crippen LogP contribution in [0.2, 0.25) is 18.1 Å². The summed E-state index contributed by atoms with van der Waals surface area (Å²) in [6, 6.07) is 0. The molecule has 2 amide bonds. The van der Waals surface area contributed by atoms with E-state index in [0.717, 1.165) is 0 Å². The van der Waals surface area contributed by atoms with Crippen molar-refractivity contribution >= 4 is 37.4 Å². The zero-order valence-electron chi connectivity index (χ0n) is 18.8. The molecule has 0 saturated heterocycles. The third kappa shape index (κ3) is 6.75. The Kier molecular flexibility index (Phi) is 8.94. The topological polar surface area (TPSA) is 121 Å². The van der Waals surface area contributed by atoms with E-state index in [4.69, 9.17) is 14.9 Å². The van der Waals surface area contributed by atoms with E-state index in [0.29, 0.717) is 9.88 Å².